The molecule has 2 saturated heterocycles. The van der Waals surface area contributed by atoms with Gasteiger partial charge in [0.15, 0.2) is 0 Å². The summed E-state index contributed by atoms with van der Waals surface area (Å²) in [6.45, 7) is 8.92. The van der Waals surface area contributed by atoms with Gasteiger partial charge in [-0.15, -0.1) is 0 Å². The Bertz CT molecular complexity index is 260. The molecular formula is C15H28N2. The van der Waals surface area contributed by atoms with Gasteiger partial charge in [0.2, 0.25) is 0 Å². The zero-order valence-electron chi connectivity index (χ0n) is 11.6. The van der Waals surface area contributed by atoms with E-state index in [1.54, 1.807) is 0 Å². The molecule has 3 aliphatic rings. The van der Waals surface area contributed by atoms with Gasteiger partial charge in [-0.05, 0) is 38.1 Å². The van der Waals surface area contributed by atoms with Crippen molar-refractivity contribution in [1.29, 1.82) is 0 Å². The number of hydrogen-bond acceptors (Lipinski definition) is 2. The second-order valence-corrected chi connectivity index (χ2v) is 6.74. The van der Waals surface area contributed by atoms with Crippen LogP contribution in [0.1, 0.15) is 52.4 Å². The van der Waals surface area contributed by atoms with Crippen LogP contribution >= 0.6 is 0 Å². The molecule has 1 saturated carbocycles. The van der Waals surface area contributed by atoms with Gasteiger partial charge in [-0.2, -0.15) is 0 Å². The summed E-state index contributed by atoms with van der Waals surface area (Å²) in [7, 11) is 0. The van der Waals surface area contributed by atoms with E-state index >= 15 is 0 Å². The summed E-state index contributed by atoms with van der Waals surface area (Å²) >= 11 is 0. The Balaban J connectivity index is 1.71. The van der Waals surface area contributed by atoms with Crippen molar-refractivity contribution in [3.05, 3.63) is 0 Å². The molecule has 2 heterocycles. The number of fused-ring (bicyclic) bond motifs is 1. The van der Waals surface area contributed by atoms with Crippen molar-refractivity contribution in [1.82, 2.24) is 9.80 Å². The lowest BCUT2D eigenvalue weighted by Gasteiger charge is -2.54. The van der Waals surface area contributed by atoms with Gasteiger partial charge in [0.25, 0.3) is 0 Å². The van der Waals surface area contributed by atoms with Crippen LogP contribution in [0.5, 0.6) is 0 Å². The second-order valence-electron chi connectivity index (χ2n) is 6.74. The minimum absolute atomic E-state index is 0.818. The van der Waals surface area contributed by atoms with E-state index < -0.39 is 0 Å². The molecule has 17 heavy (non-hydrogen) atoms. The fraction of sp³-hybridized carbons (Fsp3) is 1.00. The van der Waals surface area contributed by atoms with Crippen molar-refractivity contribution >= 4 is 0 Å². The zero-order chi connectivity index (χ0) is 11.8. The van der Waals surface area contributed by atoms with Crippen LogP contribution < -0.4 is 0 Å². The van der Waals surface area contributed by atoms with Crippen LogP contribution in [-0.4, -0.2) is 47.6 Å². The zero-order valence-corrected chi connectivity index (χ0v) is 11.6. The highest BCUT2D eigenvalue weighted by molar-refractivity contribution is 4.96. The summed E-state index contributed by atoms with van der Waals surface area (Å²) in [5, 5.41) is 0. The number of nitrogens with zero attached hydrogens (tertiary/aromatic N) is 2. The predicted octanol–water partition coefficient (Wildman–Crippen LogP) is 2.73. The summed E-state index contributed by atoms with van der Waals surface area (Å²) in [5.41, 5.74) is 0. The molecule has 0 N–H and O–H groups in total. The molecule has 0 bridgehead atoms. The minimum atomic E-state index is 0.818. The van der Waals surface area contributed by atoms with Crippen LogP contribution in [0.25, 0.3) is 0 Å². The summed E-state index contributed by atoms with van der Waals surface area (Å²) in [6.07, 6.45) is 8.76. The predicted molar refractivity (Wildman–Crippen MR) is 72.2 cm³/mol. The van der Waals surface area contributed by atoms with Gasteiger partial charge in [-0.25, -0.2) is 0 Å². The largest absolute Gasteiger partial charge is 0.298 e. The van der Waals surface area contributed by atoms with Crippen molar-refractivity contribution in [3.63, 3.8) is 0 Å². The molecule has 3 fully saturated rings. The molecule has 0 aromatic rings. The summed E-state index contributed by atoms with van der Waals surface area (Å²) < 4.78 is 0. The Hall–Kier alpha value is -0.0800. The van der Waals surface area contributed by atoms with E-state index in [0.29, 0.717) is 0 Å². The van der Waals surface area contributed by atoms with Gasteiger partial charge in [-0.1, -0.05) is 26.7 Å². The molecular weight excluding hydrogens is 208 g/mol. The van der Waals surface area contributed by atoms with E-state index in [1.807, 2.05) is 0 Å². The first-order chi connectivity index (χ1) is 8.25. The van der Waals surface area contributed by atoms with E-state index in [1.165, 1.54) is 58.2 Å². The molecule has 98 valence electrons. The van der Waals surface area contributed by atoms with Crippen LogP contribution in [0.3, 0.4) is 0 Å². The molecule has 2 atom stereocenters. The number of piperidine rings is 1. The highest BCUT2D eigenvalue weighted by Crippen LogP contribution is 2.34. The maximum absolute atomic E-state index is 2.89. The molecule has 0 radical (unpaired) electrons. The molecule has 2 nitrogen and oxygen atoms in total. The number of rotatable bonds is 2. The Morgan fingerprint density at radius 2 is 1.65 bits per heavy atom. The molecule has 2 unspecified atom stereocenters. The Morgan fingerprint density at radius 3 is 2.29 bits per heavy atom. The van der Waals surface area contributed by atoms with Crippen LogP contribution in [0.15, 0.2) is 0 Å². The third-order valence-electron chi connectivity index (χ3n) is 5.33. The molecule has 0 aromatic carbocycles. The second kappa shape index (κ2) is 4.89. The van der Waals surface area contributed by atoms with Crippen LogP contribution in [0.4, 0.5) is 0 Å². The monoisotopic (exact) mass is 236 g/mol. The van der Waals surface area contributed by atoms with Crippen molar-refractivity contribution in [3.8, 4) is 0 Å². The topological polar surface area (TPSA) is 6.48 Å². The van der Waals surface area contributed by atoms with Gasteiger partial charge in [-0.3, -0.25) is 9.80 Å². The van der Waals surface area contributed by atoms with E-state index in [2.05, 4.69) is 23.6 Å². The Morgan fingerprint density at radius 1 is 0.882 bits per heavy atom. The average Bonchev–Trinajstić information content (AvgIpc) is 2.25. The Kier molecular flexibility index (Phi) is 3.45. The van der Waals surface area contributed by atoms with E-state index in [4.69, 9.17) is 0 Å². The van der Waals surface area contributed by atoms with Crippen LogP contribution in [0, 0.1) is 5.92 Å². The maximum Gasteiger partial charge on any atom is 0.0249 e. The quantitative estimate of drug-likeness (QED) is 0.727. The fourth-order valence-electron chi connectivity index (χ4n) is 3.96. The number of hydrogen-bond donors (Lipinski definition) is 0. The fourth-order valence-corrected chi connectivity index (χ4v) is 3.96. The standard InChI is InChI=1S/C15H28N2/c1-12(2)15-11-16-9-4-3-6-14(16)10-17(15)13-7-5-8-13/h12-15H,3-11H2,1-2H3. The molecule has 3 rings (SSSR count). The summed E-state index contributed by atoms with van der Waals surface area (Å²) in [5.74, 6) is 0.818. The Labute approximate surface area is 106 Å². The first-order valence-electron chi connectivity index (χ1n) is 7.75. The van der Waals surface area contributed by atoms with Crippen molar-refractivity contribution < 1.29 is 0 Å². The lowest BCUT2D eigenvalue weighted by Crippen LogP contribution is -2.64. The number of piperazine rings is 1. The minimum Gasteiger partial charge on any atom is -0.298 e. The molecule has 0 aromatic heterocycles. The lowest BCUT2D eigenvalue weighted by atomic mass is 9.85. The van der Waals surface area contributed by atoms with E-state index in [0.717, 1.165) is 24.0 Å². The smallest absolute Gasteiger partial charge is 0.0249 e. The normalized spacial score (nSPS) is 36.9. The van der Waals surface area contributed by atoms with Crippen molar-refractivity contribution in [2.45, 2.75) is 70.5 Å². The lowest BCUT2D eigenvalue weighted by molar-refractivity contribution is -0.0470. The first-order valence-corrected chi connectivity index (χ1v) is 7.75. The maximum atomic E-state index is 2.89. The SMILES string of the molecule is CC(C)C1CN2CCCCC2CN1C1CCC1. The highest BCUT2D eigenvalue weighted by Gasteiger charge is 2.40. The summed E-state index contributed by atoms with van der Waals surface area (Å²) in [4.78, 5) is 5.68. The average molecular weight is 236 g/mol. The first kappa shape index (κ1) is 12.0. The van der Waals surface area contributed by atoms with Crippen LogP contribution in [-0.2, 0) is 0 Å². The van der Waals surface area contributed by atoms with Gasteiger partial charge < -0.3 is 0 Å². The summed E-state index contributed by atoms with van der Waals surface area (Å²) in [6, 6.07) is 2.65. The molecule has 0 spiro atoms. The van der Waals surface area contributed by atoms with E-state index in [9.17, 15) is 0 Å². The van der Waals surface area contributed by atoms with Crippen molar-refractivity contribution in [2.75, 3.05) is 19.6 Å². The highest BCUT2D eigenvalue weighted by atomic mass is 15.3. The molecule has 2 aliphatic heterocycles. The molecule has 0 amide bonds. The van der Waals surface area contributed by atoms with Gasteiger partial charge in [0.05, 0.1) is 0 Å². The van der Waals surface area contributed by atoms with Crippen LogP contribution in [0.2, 0.25) is 0 Å². The molecule has 2 heteroatoms. The third-order valence-corrected chi connectivity index (χ3v) is 5.33. The molecule has 1 aliphatic carbocycles. The third kappa shape index (κ3) is 2.26. The van der Waals surface area contributed by atoms with Gasteiger partial charge in [0, 0.05) is 31.2 Å². The van der Waals surface area contributed by atoms with E-state index in [-0.39, 0.29) is 0 Å². The van der Waals surface area contributed by atoms with Gasteiger partial charge >= 0.3 is 0 Å². The van der Waals surface area contributed by atoms with Crippen molar-refractivity contribution in [2.24, 2.45) is 5.92 Å². The van der Waals surface area contributed by atoms with Gasteiger partial charge in [0.1, 0.15) is 0 Å².